The molecule has 7 heteroatoms. The SMILES string of the molecule is CC(C)N(Cc1ccccc1)C(=O)Nc1ccc(OC(F)(F)F)cc1. The molecule has 134 valence electrons. The van der Waals surface area contributed by atoms with Crippen LogP contribution in [0.2, 0.25) is 0 Å². The van der Waals surface area contributed by atoms with E-state index >= 15 is 0 Å². The first-order valence-corrected chi connectivity index (χ1v) is 7.72. The van der Waals surface area contributed by atoms with Gasteiger partial charge in [-0.05, 0) is 43.7 Å². The highest BCUT2D eigenvalue weighted by molar-refractivity contribution is 5.89. The summed E-state index contributed by atoms with van der Waals surface area (Å²) in [7, 11) is 0. The van der Waals surface area contributed by atoms with Gasteiger partial charge in [-0.1, -0.05) is 30.3 Å². The number of hydrogen-bond donors (Lipinski definition) is 1. The summed E-state index contributed by atoms with van der Waals surface area (Å²) < 4.78 is 40.3. The van der Waals surface area contributed by atoms with Crippen molar-refractivity contribution in [3.05, 3.63) is 60.2 Å². The summed E-state index contributed by atoms with van der Waals surface area (Å²) in [6.45, 7) is 4.21. The molecule has 0 saturated carbocycles. The highest BCUT2D eigenvalue weighted by Gasteiger charge is 2.31. The van der Waals surface area contributed by atoms with Crippen molar-refractivity contribution < 1.29 is 22.7 Å². The van der Waals surface area contributed by atoms with Crippen LogP contribution in [-0.2, 0) is 6.54 Å². The van der Waals surface area contributed by atoms with Crippen LogP contribution in [0.3, 0.4) is 0 Å². The lowest BCUT2D eigenvalue weighted by Crippen LogP contribution is -2.39. The summed E-state index contributed by atoms with van der Waals surface area (Å²) in [5.74, 6) is -0.337. The zero-order valence-corrected chi connectivity index (χ0v) is 13.9. The van der Waals surface area contributed by atoms with Gasteiger partial charge in [-0.15, -0.1) is 13.2 Å². The number of alkyl halides is 3. The third kappa shape index (κ3) is 6.02. The van der Waals surface area contributed by atoms with Gasteiger partial charge in [0.2, 0.25) is 0 Å². The zero-order chi connectivity index (χ0) is 18.4. The van der Waals surface area contributed by atoms with Crippen LogP contribution in [0, 0.1) is 0 Å². The number of nitrogens with zero attached hydrogens (tertiary/aromatic N) is 1. The minimum absolute atomic E-state index is 0.0481. The quantitative estimate of drug-likeness (QED) is 0.820. The van der Waals surface area contributed by atoms with Gasteiger partial charge in [0.15, 0.2) is 0 Å². The van der Waals surface area contributed by atoms with Crippen molar-refractivity contribution in [3.63, 3.8) is 0 Å². The van der Waals surface area contributed by atoms with Gasteiger partial charge < -0.3 is 15.0 Å². The highest BCUT2D eigenvalue weighted by atomic mass is 19.4. The maximum atomic E-state index is 12.5. The van der Waals surface area contributed by atoms with Gasteiger partial charge in [-0.25, -0.2) is 4.79 Å². The third-order valence-electron chi connectivity index (χ3n) is 3.42. The maximum absolute atomic E-state index is 12.5. The molecule has 25 heavy (non-hydrogen) atoms. The Kier molecular flexibility index (Phi) is 5.90. The number of amides is 2. The van der Waals surface area contributed by atoms with Crippen LogP contribution < -0.4 is 10.1 Å². The topological polar surface area (TPSA) is 41.6 Å². The van der Waals surface area contributed by atoms with Crippen molar-refractivity contribution in [1.29, 1.82) is 0 Å². The number of carbonyl (C=O) groups excluding carboxylic acids is 1. The van der Waals surface area contributed by atoms with Crippen LogP contribution in [0.4, 0.5) is 23.7 Å². The molecule has 0 aromatic heterocycles. The second kappa shape index (κ2) is 7.92. The lowest BCUT2D eigenvalue weighted by molar-refractivity contribution is -0.274. The lowest BCUT2D eigenvalue weighted by atomic mass is 10.2. The molecule has 1 N–H and O–H groups in total. The number of benzene rings is 2. The van der Waals surface area contributed by atoms with E-state index in [0.29, 0.717) is 12.2 Å². The molecule has 2 aromatic carbocycles. The lowest BCUT2D eigenvalue weighted by Gasteiger charge is -2.27. The molecule has 0 aliphatic carbocycles. The summed E-state index contributed by atoms with van der Waals surface area (Å²) in [6, 6.07) is 14.2. The maximum Gasteiger partial charge on any atom is 0.573 e. The monoisotopic (exact) mass is 352 g/mol. The summed E-state index contributed by atoms with van der Waals surface area (Å²) in [6.07, 6.45) is -4.74. The zero-order valence-electron chi connectivity index (χ0n) is 13.9. The van der Waals surface area contributed by atoms with Crippen molar-refractivity contribution in [2.24, 2.45) is 0 Å². The van der Waals surface area contributed by atoms with E-state index in [4.69, 9.17) is 0 Å². The van der Waals surface area contributed by atoms with E-state index in [-0.39, 0.29) is 17.8 Å². The summed E-state index contributed by atoms with van der Waals surface area (Å²) >= 11 is 0. The Hall–Kier alpha value is -2.70. The molecule has 0 fully saturated rings. The molecule has 0 heterocycles. The first-order chi connectivity index (χ1) is 11.7. The highest BCUT2D eigenvalue weighted by Crippen LogP contribution is 2.24. The van der Waals surface area contributed by atoms with E-state index in [1.807, 2.05) is 44.2 Å². The van der Waals surface area contributed by atoms with Gasteiger partial charge in [0.25, 0.3) is 0 Å². The molecule has 4 nitrogen and oxygen atoms in total. The molecule has 0 radical (unpaired) electrons. The third-order valence-corrected chi connectivity index (χ3v) is 3.42. The average Bonchev–Trinajstić information content (AvgIpc) is 2.53. The Morgan fingerprint density at radius 3 is 2.20 bits per heavy atom. The number of carbonyl (C=O) groups is 1. The van der Waals surface area contributed by atoms with Crippen LogP contribution in [0.15, 0.2) is 54.6 Å². The minimum atomic E-state index is -4.74. The number of halogens is 3. The van der Waals surface area contributed by atoms with Gasteiger partial charge in [0, 0.05) is 18.3 Å². The van der Waals surface area contributed by atoms with E-state index in [0.717, 1.165) is 17.7 Å². The first kappa shape index (κ1) is 18.6. The van der Waals surface area contributed by atoms with E-state index in [9.17, 15) is 18.0 Å². The van der Waals surface area contributed by atoms with Gasteiger partial charge in [-0.3, -0.25) is 0 Å². The largest absolute Gasteiger partial charge is 0.573 e. The average molecular weight is 352 g/mol. The van der Waals surface area contributed by atoms with Gasteiger partial charge in [0.1, 0.15) is 5.75 Å². The van der Waals surface area contributed by atoms with E-state index in [1.54, 1.807) is 4.90 Å². The minimum Gasteiger partial charge on any atom is -0.406 e. The normalized spacial score (nSPS) is 11.3. The Bertz CT molecular complexity index is 686. The fraction of sp³-hybridized carbons (Fsp3) is 0.278. The number of ether oxygens (including phenoxy) is 1. The van der Waals surface area contributed by atoms with Gasteiger partial charge in [0.05, 0.1) is 0 Å². The van der Waals surface area contributed by atoms with Crippen LogP contribution in [0.5, 0.6) is 5.75 Å². The second-order valence-corrected chi connectivity index (χ2v) is 5.71. The summed E-state index contributed by atoms with van der Waals surface area (Å²) in [5.41, 5.74) is 1.37. The van der Waals surface area contributed by atoms with Crippen molar-refractivity contribution in [3.8, 4) is 5.75 Å². The van der Waals surface area contributed by atoms with Crippen LogP contribution in [0.1, 0.15) is 19.4 Å². The molecule has 0 spiro atoms. The number of hydrogen-bond acceptors (Lipinski definition) is 2. The molecule has 0 saturated heterocycles. The second-order valence-electron chi connectivity index (χ2n) is 5.71. The Morgan fingerprint density at radius 2 is 1.68 bits per heavy atom. The molecule has 0 atom stereocenters. The number of rotatable bonds is 5. The standard InChI is InChI=1S/C18H19F3N2O2/c1-13(2)23(12-14-6-4-3-5-7-14)17(24)22-15-8-10-16(11-9-15)25-18(19,20)21/h3-11,13H,12H2,1-2H3,(H,22,24). The predicted octanol–water partition coefficient (Wildman–Crippen LogP) is 5.03. The molecule has 0 aliphatic rings. The van der Waals surface area contributed by atoms with Gasteiger partial charge >= 0.3 is 12.4 Å². The molecule has 2 amide bonds. The van der Waals surface area contributed by atoms with E-state index in [1.165, 1.54) is 12.1 Å². The Labute approximate surface area is 144 Å². The molecule has 0 aliphatic heterocycles. The van der Waals surface area contributed by atoms with Crippen LogP contribution in [-0.4, -0.2) is 23.3 Å². The molecule has 2 aromatic rings. The van der Waals surface area contributed by atoms with Crippen molar-refractivity contribution >= 4 is 11.7 Å². The number of urea groups is 1. The molecule has 2 rings (SSSR count). The number of anilines is 1. The van der Waals surface area contributed by atoms with E-state index < -0.39 is 6.36 Å². The van der Waals surface area contributed by atoms with Crippen molar-refractivity contribution in [1.82, 2.24) is 4.90 Å². The Morgan fingerprint density at radius 1 is 1.08 bits per heavy atom. The number of nitrogens with one attached hydrogen (secondary N) is 1. The smallest absolute Gasteiger partial charge is 0.406 e. The van der Waals surface area contributed by atoms with E-state index in [2.05, 4.69) is 10.1 Å². The predicted molar refractivity (Wildman–Crippen MR) is 89.3 cm³/mol. The fourth-order valence-electron chi connectivity index (χ4n) is 2.20. The van der Waals surface area contributed by atoms with Crippen LogP contribution >= 0.6 is 0 Å². The van der Waals surface area contributed by atoms with Crippen LogP contribution in [0.25, 0.3) is 0 Å². The van der Waals surface area contributed by atoms with Crippen molar-refractivity contribution in [2.45, 2.75) is 32.8 Å². The first-order valence-electron chi connectivity index (χ1n) is 7.72. The summed E-state index contributed by atoms with van der Waals surface area (Å²) in [4.78, 5) is 14.1. The summed E-state index contributed by atoms with van der Waals surface area (Å²) in [5, 5.41) is 2.68. The fourth-order valence-corrected chi connectivity index (χ4v) is 2.20. The molecular weight excluding hydrogens is 333 g/mol. The van der Waals surface area contributed by atoms with Gasteiger partial charge in [-0.2, -0.15) is 0 Å². The Balaban J connectivity index is 2.03. The molecular formula is C18H19F3N2O2. The van der Waals surface area contributed by atoms with Crippen molar-refractivity contribution in [2.75, 3.05) is 5.32 Å². The molecule has 0 bridgehead atoms. The molecule has 0 unspecified atom stereocenters.